The first-order chi connectivity index (χ1) is 6.09. The average molecular weight is 248 g/mol. The maximum absolute atomic E-state index is 10.4. The lowest BCUT2D eigenvalue weighted by molar-refractivity contribution is 0.154. The Morgan fingerprint density at radius 3 is 3.00 bits per heavy atom. The van der Waals surface area contributed by atoms with Gasteiger partial charge in [-0.05, 0) is 15.9 Å². The SMILES string of the molecule is CN(CCn1cc(Br)cn1)C(=O)O. The van der Waals surface area contributed by atoms with Crippen LogP contribution in [0, 0.1) is 0 Å². The van der Waals surface area contributed by atoms with E-state index in [2.05, 4.69) is 21.0 Å². The third-order valence-electron chi connectivity index (χ3n) is 1.59. The molecule has 0 aliphatic rings. The fourth-order valence-electron chi connectivity index (χ4n) is 0.809. The minimum atomic E-state index is -0.925. The zero-order chi connectivity index (χ0) is 9.84. The first-order valence-corrected chi connectivity index (χ1v) is 4.51. The lowest BCUT2D eigenvalue weighted by atomic mass is 10.6. The molecule has 0 fully saturated rings. The Labute approximate surface area is 84.1 Å². The molecular formula is C7H10BrN3O2. The van der Waals surface area contributed by atoms with Crippen molar-refractivity contribution in [3.8, 4) is 0 Å². The number of carboxylic acid groups (broad SMARTS) is 1. The Balaban J connectivity index is 2.39. The summed E-state index contributed by atoms with van der Waals surface area (Å²) >= 11 is 3.25. The van der Waals surface area contributed by atoms with Crippen molar-refractivity contribution < 1.29 is 9.90 Å². The van der Waals surface area contributed by atoms with Crippen molar-refractivity contribution in [3.63, 3.8) is 0 Å². The number of aromatic nitrogens is 2. The fraction of sp³-hybridized carbons (Fsp3) is 0.429. The Bertz CT molecular complexity index is 300. The van der Waals surface area contributed by atoms with Crippen LogP contribution in [-0.2, 0) is 6.54 Å². The van der Waals surface area contributed by atoms with E-state index >= 15 is 0 Å². The second kappa shape index (κ2) is 4.27. The summed E-state index contributed by atoms with van der Waals surface area (Å²) in [5.74, 6) is 0. The van der Waals surface area contributed by atoms with Crippen molar-refractivity contribution in [2.24, 2.45) is 0 Å². The van der Waals surface area contributed by atoms with Gasteiger partial charge in [0.2, 0.25) is 0 Å². The molecular weight excluding hydrogens is 238 g/mol. The normalized spacial score (nSPS) is 10.0. The summed E-state index contributed by atoms with van der Waals surface area (Å²) in [6.07, 6.45) is 2.54. The van der Waals surface area contributed by atoms with E-state index in [1.165, 1.54) is 11.9 Å². The molecule has 0 saturated carbocycles. The van der Waals surface area contributed by atoms with Gasteiger partial charge < -0.3 is 10.0 Å². The van der Waals surface area contributed by atoms with Crippen LogP contribution in [0.5, 0.6) is 0 Å². The summed E-state index contributed by atoms with van der Waals surface area (Å²) < 4.78 is 2.58. The van der Waals surface area contributed by atoms with E-state index in [1.54, 1.807) is 17.1 Å². The van der Waals surface area contributed by atoms with Crippen LogP contribution in [0.3, 0.4) is 0 Å². The minimum Gasteiger partial charge on any atom is -0.465 e. The number of hydrogen-bond donors (Lipinski definition) is 1. The molecule has 0 saturated heterocycles. The summed E-state index contributed by atoms with van der Waals surface area (Å²) in [7, 11) is 1.53. The summed E-state index contributed by atoms with van der Waals surface area (Å²) in [5.41, 5.74) is 0. The molecule has 0 radical (unpaired) electrons. The standard InChI is InChI=1S/C7H10BrN3O2/c1-10(7(12)13)2-3-11-5-6(8)4-9-11/h4-5H,2-3H2,1H3,(H,12,13). The molecule has 0 aromatic carbocycles. The first kappa shape index (κ1) is 10.0. The number of nitrogens with zero attached hydrogens (tertiary/aromatic N) is 3. The molecule has 5 nitrogen and oxygen atoms in total. The van der Waals surface area contributed by atoms with Gasteiger partial charge in [0.05, 0.1) is 17.2 Å². The molecule has 0 atom stereocenters. The van der Waals surface area contributed by atoms with Crippen LogP contribution in [0.15, 0.2) is 16.9 Å². The number of halogens is 1. The first-order valence-electron chi connectivity index (χ1n) is 3.71. The van der Waals surface area contributed by atoms with Crippen LogP contribution in [-0.4, -0.2) is 39.5 Å². The molecule has 0 unspecified atom stereocenters. The van der Waals surface area contributed by atoms with Crippen molar-refractivity contribution in [2.75, 3.05) is 13.6 Å². The third kappa shape index (κ3) is 3.06. The molecule has 1 heterocycles. The van der Waals surface area contributed by atoms with Crippen LogP contribution in [0.4, 0.5) is 4.79 Å². The molecule has 1 aromatic heterocycles. The summed E-state index contributed by atoms with van der Waals surface area (Å²) in [6, 6.07) is 0. The Morgan fingerprint density at radius 1 is 1.85 bits per heavy atom. The second-order valence-electron chi connectivity index (χ2n) is 2.63. The highest BCUT2D eigenvalue weighted by Crippen LogP contribution is 2.05. The number of rotatable bonds is 3. The van der Waals surface area contributed by atoms with Gasteiger partial charge in [0.15, 0.2) is 0 Å². The number of carbonyl (C=O) groups is 1. The van der Waals surface area contributed by atoms with Gasteiger partial charge in [-0.1, -0.05) is 0 Å². The highest BCUT2D eigenvalue weighted by Gasteiger charge is 2.04. The molecule has 13 heavy (non-hydrogen) atoms. The zero-order valence-corrected chi connectivity index (χ0v) is 8.73. The molecule has 1 N–H and O–H groups in total. The van der Waals surface area contributed by atoms with E-state index in [9.17, 15) is 4.79 Å². The van der Waals surface area contributed by atoms with Crippen LogP contribution in [0.25, 0.3) is 0 Å². The van der Waals surface area contributed by atoms with Gasteiger partial charge in [-0.15, -0.1) is 0 Å². The highest BCUT2D eigenvalue weighted by molar-refractivity contribution is 9.10. The fourth-order valence-corrected chi connectivity index (χ4v) is 1.14. The van der Waals surface area contributed by atoms with E-state index in [1.807, 2.05) is 0 Å². The maximum Gasteiger partial charge on any atom is 0.407 e. The number of hydrogen-bond acceptors (Lipinski definition) is 2. The lowest BCUT2D eigenvalue weighted by Crippen LogP contribution is -2.28. The van der Waals surface area contributed by atoms with E-state index in [0.29, 0.717) is 13.1 Å². The van der Waals surface area contributed by atoms with E-state index in [-0.39, 0.29) is 0 Å². The van der Waals surface area contributed by atoms with Gasteiger partial charge in [-0.3, -0.25) is 4.68 Å². The van der Waals surface area contributed by atoms with E-state index < -0.39 is 6.09 Å². The summed E-state index contributed by atoms with van der Waals surface area (Å²) in [5, 5.41) is 12.5. The molecule has 6 heteroatoms. The van der Waals surface area contributed by atoms with Crippen LogP contribution in [0.2, 0.25) is 0 Å². The predicted octanol–water partition coefficient (Wildman–Crippen LogP) is 1.26. The quantitative estimate of drug-likeness (QED) is 0.875. The van der Waals surface area contributed by atoms with Crippen molar-refractivity contribution in [1.82, 2.24) is 14.7 Å². The Hall–Kier alpha value is -1.04. The van der Waals surface area contributed by atoms with Gasteiger partial charge in [-0.25, -0.2) is 4.79 Å². The van der Waals surface area contributed by atoms with Gasteiger partial charge in [0.25, 0.3) is 0 Å². The minimum absolute atomic E-state index is 0.434. The molecule has 1 rings (SSSR count). The molecule has 0 bridgehead atoms. The van der Waals surface area contributed by atoms with Gasteiger partial charge in [0, 0.05) is 19.8 Å². The largest absolute Gasteiger partial charge is 0.465 e. The van der Waals surface area contributed by atoms with Crippen LogP contribution >= 0.6 is 15.9 Å². The predicted molar refractivity (Wildman–Crippen MR) is 50.6 cm³/mol. The average Bonchev–Trinajstić information content (AvgIpc) is 2.47. The van der Waals surface area contributed by atoms with Crippen molar-refractivity contribution in [1.29, 1.82) is 0 Å². The van der Waals surface area contributed by atoms with Crippen molar-refractivity contribution >= 4 is 22.0 Å². The Morgan fingerprint density at radius 2 is 2.54 bits per heavy atom. The molecule has 72 valence electrons. The third-order valence-corrected chi connectivity index (χ3v) is 2.00. The highest BCUT2D eigenvalue weighted by atomic mass is 79.9. The van der Waals surface area contributed by atoms with Gasteiger partial charge >= 0.3 is 6.09 Å². The molecule has 0 spiro atoms. The van der Waals surface area contributed by atoms with E-state index in [4.69, 9.17) is 5.11 Å². The number of likely N-dealkylation sites (N-methyl/N-ethyl adjacent to an activating group) is 1. The van der Waals surface area contributed by atoms with Gasteiger partial charge in [-0.2, -0.15) is 5.10 Å². The summed E-state index contributed by atoms with van der Waals surface area (Å²) in [6.45, 7) is 0.998. The number of amides is 1. The maximum atomic E-state index is 10.4. The van der Waals surface area contributed by atoms with Crippen molar-refractivity contribution in [3.05, 3.63) is 16.9 Å². The van der Waals surface area contributed by atoms with Crippen molar-refractivity contribution in [2.45, 2.75) is 6.54 Å². The van der Waals surface area contributed by atoms with Crippen LogP contribution < -0.4 is 0 Å². The topological polar surface area (TPSA) is 58.4 Å². The summed E-state index contributed by atoms with van der Waals surface area (Å²) in [4.78, 5) is 11.6. The van der Waals surface area contributed by atoms with Crippen LogP contribution in [0.1, 0.15) is 0 Å². The Kier molecular flexibility index (Phi) is 3.30. The lowest BCUT2D eigenvalue weighted by Gasteiger charge is -2.11. The second-order valence-corrected chi connectivity index (χ2v) is 3.54. The van der Waals surface area contributed by atoms with E-state index in [0.717, 1.165) is 4.47 Å². The molecule has 0 aliphatic carbocycles. The monoisotopic (exact) mass is 247 g/mol. The molecule has 1 aromatic rings. The molecule has 0 aliphatic heterocycles. The van der Waals surface area contributed by atoms with Gasteiger partial charge in [0.1, 0.15) is 0 Å². The molecule has 1 amide bonds. The smallest absolute Gasteiger partial charge is 0.407 e. The zero-order valence-electron chi connectivity index (χ0n) is 7.14.